The number of unbranched alkanes of at least 4 members (excludes halogenated alkanes) is 1. The van der Waals surface area contributed by atoms with Gasteiger partial charge >= 0.3 is 5.92 Å². The first-order chi connectivity index (χ1) is 9.47. The molecule has 1 rings (SSSR count). The normalized spacial score (nSPS) is 11.4. The predicted octanol–water partition coefficient (Wildman–Crippen LogP) is 3.99. The molecule has 1 amide bonds. The standard InChI is InChI=1S/C16H23F2NO/c1-4-7-8-13-9-11-14(12-10-13)16(17,18)15(20)19(5-2)6-3/h9-12H,4-8H2,1-3H3. The monoisotopic (exact) mass is 283 g/mol. The lowest BCUT2D eigenvalue weighted by Crippen LogP contribution is -2.41. The van der Waals surface area contributed by atoms with Crippen LogP contribution in [0.15, 0.2) is 24.3 Å². The van der Waals surface area contributed by atoms with Crippen molar-refractivity contribution in [2.75, 3.05) is 13.1 Å². The summed E-state index contributed by atoms with van der Waals surface area (Å²) in [6.07, 6.45) is 2.98. The van der Waals surface area contributed by atoms with Gasteiger partial charge in [0, 0.05) is 18.7 Å². The maximum Gasteiger partial charge on any atom is 0.349 e. The summed E-state index contributed by atoms with van der Waals surface area (Å²) in [5, 5.41) is 0. The fourth-order valence-corrected chi connectivity index (χ4v) is 2.09. The summed E-state index contributed by atoms with van der Waals surface area (Å²) in [6.45, 7) is 6.07. The molecule has 0 aliphatic rings. The second-order valence-electron chi connectivity index (χ2n) is 4.85. The number of carbonyl (C=O) groups excluding carboxylic acids is 1. The number of amides is 1. The van der Waals surface area contributed by atoms with Crippen molar-refractivity contribution in [2.24, 2.45) is 0 Å². The van der Waals surface area contributed by atoms with Gasteiger partial charge in [0.05, 0.1) is 0 Å². The molecule has 0 aromatic heterocycles. The minimum Gasteiger partial charge on any atom is -0.338 e. The molecule has 112 valence electrons. The van der Waals surface area contributed by atoms with Gasteiger partial charge in [0.1, 0.15) is 0 Å². The van der Waals surface area contributed by atoms with Crippen LogP contribution >= 0.6 is 0 Å². The molecule has 0 aliphatic carbocycles. The SMILES string of the molecule is CCCCc1ccc(C(F)(F)C(=O)N(CC)CC)cc1. The van der Waals surface area contributed by atoms with Crippen molar-refractivity contribution in [1.82, 2.24) is 4.90 Å². The molecular weight excluding hydrogens is 260 g/mol. The van der Waals surface area contributed by atoms with Crippen LogP contribution in [0.25, 0.3) is 0 Å². The molecule has 1 aromatic carbocycles. The van der Waals surface area contributed by atoms with Crippen molar-refractivity contribution in [3.05, 3.63) is 35.4 Å². The number of benzene rings is 1. The van der Waals surface area contributed by atoms with E-state index in [4.69, 9.17) is 0 Å². The van der Waals surface area contributed by atoms with Crippen LogP contribution in [0.4, 0.5) is 8.78 Å². The molecule has 2 nitrogen and oxygen atoms in total. The van der Waals surface area contributed by atoms with Crippen LogP contribution in [0.5, 0.6) is 0 Å². The third-order valence-corrected chi connectivity index (χ3v) is 3.45. The number of rotatable bonds is 7. The molecule has 0 spiro atoms. The number of halogens is 2. The second kappa shape index (κ2) is 7.36. The number of hydrogen-bond donors (Lipinski definition) is 0. The molecule has 0 unspecified atom stereocenters. The molecule has 20 heavy (non-hydrogen) atoms. The minimum absolute atomic E-state index is 0.227. The lowest BCUT2D eigenvalue weighted by molar-refractivity contribution is -0.158. The van der Waals surface area contributed by atoms with Gasteiger partial charge in [0.25, 0.3) is 5.91 Å². The van der Waals surface area contributed by atoms with E-state index < -0.39 is 11.8 Å². The Bertz CT molecular complexity index is 425. The average molecular weight is 283 g/mol. The number of nitrogens with zero attached hydrogens (tertiary/aromatic N) is 1. The van der Waals surface area contributed by atoms with Gasteiger partial charge in [0.15, 0.2) is 0 Å². The van der Waals surface area contributed by atoms with Gasteiger partial charge in [-0.05, 0) is 32.3 Å². The predicted molar refractivity (Wildman–Crippen MR) is 76.9 cm³/mol. The zero-order valence-electron chi connectivity index (χ0n) is 12.5. The van der Waals surface area contributed by atoms with Gasteiger partial charge in [-0.15, -0.1) is 0 Å². The van der Waals surface area contributed by atoms with Gasteiger partial charge in [-0.3, -0.25) is 4.79 Å². The highest BCUT2D eigenvalue weighted by atomic mass is 19.3. The van der Waals surface area contributed by atoms with Gasteiger partial charge in [-0.1, -0.05) is 37.6 Å². The molecule has 1 aromatic rings. The first kappa shape index (κ1) is 16.6. The van der Waals surface area contributed by atoms with Crippen LogP contribution in [0.3, 0.4) is 0 Å². The van der Waals surface area contributed by atoms with Gasteiger partial charge in [-0.25, -0.2) is 0 Å². The van der Waals surface area contributed by atoms with Gasteiger partial charge < -0.3 is 4.90 Å². The quantitative estimate of drug-likeness (QED) is 0.741. The topological polar surface area (TPSA) is 20.3 Å². The van der Waals surface area contributed by atoms with Crippen LogP contribution in [-0.4, -0.2) is 23.9 Å². The van der Waals surface area contributed by atoms with Crippen LogP contribution in [-0.2, 0) is 17.1 Å². The Kier molecular flexibility index (Phi) is 6.11. The Labute approximate surface area is 119 Å². The zero-order valence-corrected chi connectivity index (χ0v) is 12.5. The molecule has 0 fully saturated rings. The Balaban J connectivity index is 2.89. The van der Waals surface area contributed by atoms with Crippen molar-refractivity contribution in [2.45, 2.75) is 46.0 Å². The summed E-state index contributed by atoms with van der Waals surface area (Å²) in [4.78, 5) is 13.0. The number of likely N-dealkylation sites (N-methyl/N-ethyl adjacent to an activating group) is 1. The number of aryl methyl sites for hydroxylation is 1. The van der Waals surface area contributed by atoms with E-state index in [0.29, 0.717) is 13.1 Å². The number of alkyl halides is 2. The van der Waals surface area contributed by atoms with E-state index in [0.717, 1.165) is 29.7 Å². The number of carbonyl (C=O) groups is 1. The van der Waals surface area contributed by atoms with E-state index in [1.165, 1.54) is 12.1 Å². The van der Waals surface area contributed by atoms with Crippen LogP contribution in [0.2, 0.25) is 0 Å². The summed E-state index contributed by atoms with van der Waals surface area (Å²) in [6, 6.07) is 6.11. The Morgan fingerprint density at radius 3 is 2.10 bits per heavy atom. The lowest BCUT2D eigenvalue weighted by atomic mass is 10.0. The fraction of sp³-hybridized carbons (Fsp3) is 0.562. The van der Waals surface area contributed by atoms with Crippen molar-refractivity contribution in [1.29, 1.82) is 0 Å². The zero-order chi connectivity index (χ0) is 15.2. The first-order valence-electron chi connectivity index (χ1n) is 7.23. The lowest BCUT2D eigenvalue weighted by Gasteiger charge is -2.25. The van der Waals surface area contributed by atoms with E-state index in [-0.39, 0.29) is 5.56 Å². The molecule has 0 saturated carbocycles. The van der Waals surface area contributed by atoms with E-state index in [2.05, 4.69) is 6.92 Å². The molecule has 0 atom stereocenters. The molecule has 0 heterocycles. The van der Waals surface area contributed by atoms with Gasteiger partial charge in [0.2, 0.25) is 0 Å². The molecular formula is C16H23F2NO. The van der Waals surface area contributed by atoms with E-state index in [1.54, 1.807) is 26.0 Å². The maximum absolute atomic E-state index is 14.2. The van der Waals surface area contributed by atoms with Crippen molar-refractivity contribution < 1.29 is 13.6 Å². The van der Waals surface area contributed by atoms with Crippen molar-refractivity contribution >= 4 is 5.91 Å². The summed E-state index contributed by atoms with van der Waals surface area (Å²) < 4.78 is 28.3. The maximum atomic E-state index is 14.2. The van der Waals surface area contributed by atoms with E-state index in [9.17, 15) is 13.6 Å². The molecule has 0 saturated heterocycles. The van der Waals surface area contributed by atoms with Crippen molar-refractivity contribution in [3.8, 4) is 0 Å². The Hall–Kier alpha value is -1.45. The number of hydrogen-bond acceptors (Lipinski definition) is 1. The third kappa shape index (κ3) is 3.78. The summed E-state index contributed by atoms with van der Waals surface area (Å²) in [5.41, 5.74) is 0.802. The van der Waals surface area contributed by atoms with Crippen LogP contribution in [0, 0.1) is 0 Å². The Morgan fingerprint density at radius 2 is 1.65 bits per heavy atom. The fourth-order valence-electron chi connectivity index (χ4n) is 2.09. The van der Waals surface area contributed by atoms with Crippen LogP contribution in [0.1, 0.15) is 44.7 Å². The smallest absolute Gasteiger partial charge is 0.338 e. The summed E-state index contributed by atoms with van der Waals surface area (Å²) >= 11 is 0. The largest absolute Gasteiger partial charge is 0.349 e. The van der Waals surface area contributed by atoms with Crippen molar-refractivity contribution in [3.63, 3.8) is 0 Å². The highest BCUT2D eigenvalue weighted by Crippen LogP contribution is 2.30. The molecule has 4 heteroatoms. The highest BCUT2D eigenvalue weighted by Gasteiger charge is 2.43. The van der Waals surface area contributed by atoms with E-state index >= 15 is 0 Å². The first-order valence-corrected chi connectivity index (χ1v) is 7.23. The highest BCUT2D eigenvalue weighted by molar-refractivity contribution is 5.84. The Morgan fingerprint density at radius 1 is 1.10 bits per heavy atom. The minimum atomic E-state index is -3.45. The molecule has 0 radical (unpaired) electrons. The average Bonchev–Trinajstić information content (AvgIpc) is 2.46. The molecule has 0 aliphatic heterocycles. The second-order valence-corrected chi connectivity index (χ2v) is 4.85. The summed E-state index contributed by atoms with van der Waals surface area (Å²) in [7, 11) is 0. The van der Waals surface area contributed by atoms with Gasteiger partial charge in [-0.2, -0.15) is 8.78 Å². The molecule has 0 N–H and O–H groups in total. The van der Waals surface area contributed by atoms with Crippen LogP contribution < -0.4 is 0 Å². The third-order valence-electron chi connectivity index (χ3n) is 3.45. The van der Waals surface area contributed by atoms with E-state index in [1.807, 2.05) is 0 Å². The summed E-state index contributed by atoms with van der Waals surface area (Å²) in [5.74, 6) is -4.57. The molecule has 0 bridgehead atoms.